The lowest BCUT2D eigenvalue weighted by atomic mass is 10.1. The van der Waals surface area contributed by atoms with Crippen LogP contribution in [0.5, 0.6) is 5.75 Å². The van der Waals surface area contributed by atoms with E-state index in [1.54, 1.807) is 0 Å². The van der Waals surface area contributed by atoms with Crippen molar-refractivity contribution < 1.29 is 19.1 Å². The maximum atomic E-state index is 11.8. The van der Waals surface area contributed by atoms with Crippen LogP contribution in [0.2, 0.25) is 0 Å². The number of nitrogens with zero attached hydrogens (tertiary/aromatic N) is 1. The van der Waals surface area contributed by atoms with Gasteiger partial charge in [-0.3, -0.25) is 4.79 Å². The van der Waals surface area contributed by atoms with Crippen molar-refractivity contribution in [2.45, 2.75) is 20.4 Å². The van der Waals surface area contributed by atoms with Crippen LogP contribution in [-0.4, -0.2) is 39.2 Å². The lowest BCUT2D eigenvalue weighted by molar-refractivity contribution is -0.150. The first-order valence-electron chi connectivity index (χ1n) is 8.73. The van der Waals surface area contributed by atoms with E-state index < -0.39 is 5.97 Å². The zero-order valence-corrected chi connectivity index (χ0v) is 16.2. The highest BCUT2D eigenvalue weighted by Gasteiger charge is 2.09. The van der Waals surface area contributed by atoms with Crippen molar-refractivity contribution in [1.29, 1.82) is 0 Å². The molecule has 0 heterocycles. The van der Waals surface area contributed by atoms with Gasteiger partial charge in [0.15, 0.2) is 13.2 Å². The molecule has 0 spiro atoms. The van der Waals surface area contributed by atoms with Gasteiger partial charge in [0.25, 0.3) is 5.91 Å². The molecular formula is C21H26N2O4. The number of carbonyl (C=O) groups excluding carboxylic acids is 2. The van der Waals surface area contributed by atoms with Crippen LogP contribution in [0.25, 0.3) is 0 Å². The van der Waals surface area contributed by atoms with E-state index in [1.165, 1.54) is 0 Å². The number of amides is 1. The van der Waals surface area contributed by atoms with Crippen LogP contribution in [0.1, 0.15) is 16.7 Å². The molecule has 1 N–H and O–H groups in total. The van der Waals surface area contributed by atoms with Crippen molar-refractivity contribution in [3.8, 4) is 5.75 Å². The summed E-state index contributed by atoms with van der Waals surface area (Å²) < 4.78 is 10.4. The Balaban J connectivity index is 1.69. The summed E-state index contributed by atoms with van der Waals surface area (Å²) in [6.45, 7) is 3.73. The Labute approximate surface area is 160 Å². The van der Waals surface area contributed by atoms with Gasteiger partial charge < -0.3 is 19.7 Å². The second-order valence-electron chi connectivity index (χ2n) is 6.61. The van der Waals surface area contributed by atoms with E-state index in [9.17, 15) is 9.59 Å². The fraction of sp³-hybridized carbons (Fsp3) is 0.333. The smallest absolute Gasteiger partial charge is 0.344 e. The van der Waals surface area contributed by atoms with Gasteiger partial charge in [-0.2, -0.15) is 0 Å². The second kappa shape index (κ2) is 9.62. The van der Waals surface area contributed by atoms with Gasteiger partial charge in [0.05, 0.1) is 0 Å². The largest absolute Gasteiger partial charge is 0.482 e. The third-order valence-corrected chi connectivity index (χ3v) is 3.86. The topological polar surface area (TPSA) is 67.9 Å². The maximum Gasteiger partial charge on any atom is 0.344 e. The predicted octanol–water partition coefficient (Wildman–Crippen LogP) is 2.61. The Morgan fingerprint density at radius 3 is 2.19 bits per heavy atom. The highest BCUT2D eigenvalue weighted by molar-refractivity contribution is 5.80. The van der Waals surface area contributed by atoms with Gasteiger partial charge in [-0.1, -0.05) is 18.2 Å². The highest BCUT2D eigenvalue weighted by atomic mass is 16.6. The molecule has 144 valence electrons. The normalized spacial score (nSPS) is 10.2. The Bertz CT molecular complexity index is 765. The molecule has 0 saturated carbocycles. The van der Waals surface area contributed by atoms with Crippen molar-refractivity contribution in [3.63, 3.8) is 0 Å². The van der Waals surface area contributed by atoms with Gasteiger partial charge in [0, 0.05) is 26.3 Å². The minimum Gasteiger partial charge on any atom is -0.482 e. The Kier molecular flexibility index (Phi) is 7.23. The molecule has 6 nitrogen and oxygen atoms in total. The van der Waals surface area contributed by atoms with Gasteiger partial charge >= 0.3 is 5.97 Å². The molecule has 2 aromatic carbocycles. The minimum atomic E-state index is -0.584. The number of hydrogen-bond donors (Lipinski definition) is 1. The van der Waals surface area contributed by atoms with E-state index in [0.717, 1.165) is 22.4 Å². The van der Waals surface area contributed by atoms with Gasteiger partial charge in [0.2, 0.25) is 0 Å². The summed E-state index contributed by atoms with van der Waals surface area (Å²) in [5, 5.41) is 2.72. The molecule has 0 saturated heterocycles. The number of rotatable bonds is 8. The van der Waals surface area contributed by atoms with Crippen LogP contribution < -0.4 is 15.0 Å². The van der Waals surface area contributed by atoms with Crippen LogP contribution in [0.4, 0.5) is 5.69 Å². The Morgan fingerprint density at radius 2 is 1.59 bits per heavy atom. The number of ether oxygens (including phenoxy) is 2. The average Bonchev–Trinajstić information content (AvgIpc) is 2.62. The molecule has 0 aliphatic heterocycles. The van der Waals surface area contributed by atoms with Gasteiger partial charge in [0.1, 0.15) is 5.75 Å². The van der Waals surface area contributed by atoms with E-state index in [1.807, 2.05) is 75.3 Å². The first-order valence-corrected chi connectivity index (χ1v) is 8.73. The Hall–Kier alpha value is -3.02. The molecule has 0 aliphatic carbocycles. The summed E-state index contributed by atoms with van der Waals surface area (Å²) in [5.41, 5.74) is 4.16. The number of esters is 1. The molecule has 0 atom stereocenters. The van der Waals surface area contributed by atoms with Crippen LogP contribution in [0.3, 0.4) is 0 Å². The lowest BCUT2D eigenvalue weighted by Gasteiger charge is -2.13. The molecule has 0 bridgehead atoms. The molecule has 2 rings (SSSR count). The molecule has 1 amide bonds. The molecule has 2 aromatic rings. The third-order valence-electron chi connectivity index (χ3n) is 3.86. The van der Waals surface area contributed by atoms with Crippen LogP contribution in [0.15, 0.2) is 42.5 Å². The molecule has 0 fully saturated rings. The fourth-order valence-electron chi connectivity index (χ4n) is 2.51. The molecule has 0 unspecified atom stereocenters. The zero-order chi connectivity index (χ0) is 19.8. The summed E-state index contributed by atoms with van der Waals surface area (Å²) >= 11 is 0. The standard InChI is InChI=1S/C21H26N2O4/c1-15-9-16(2)11-19(10-15)26-14-21(25)27-13-20(24)22-12-17-5-7-18(8-6-17)23(3)4/h5-11H,12-14H2,1-4H3,(H,22,24). The molecular weight excluding hydrogens is 344 g/mol. The minimum absolute atomic E-state index is 0.234. The van der Waals surface area contributed by atoms with Gasteiger partial charge in [-0.15, -0.1) is 0 Å². The number of hydrogen-bond acceptors (Lipinski definition) is 5. The van der Waals surface area contributed by atoms with Crippen LogP contribution >= 0.6 is 0 Å². The van der Waals surface area contributed by atoms with E-state index in [-0.39, 0.29) is 19.1 Å². The average molecular weight is 370 g/mol. The van der Waals surface area contributed by atoms with Crippen molar-refractivity contribution in [2.75, 3.05) is 32.2 Å². The van der Waals surface area contributed by atoms with E-state index >= 15 is 0 Å². The SMILES string of the molecule is Cc1cc(C)cc(OCC(=O)OCC(=O)NCc2ccc(N(C)C)cc2)c1. The number of anilines is 1. The number of benzene rings is 2. The number of nitrogens with one attached hydrogen (secondary N) is 1. The van der Waals surface area contributed by atoms with Crippen molar-refractivity contribution >= 4 is 17.6 Å². The van der Waals surface area contributed by atoms with Crippen molar-refractivity contribution in [2.24, 2.45) is 0 Å². The summed E-state index contributed by atoms with van der Waals surface area (Å²) in [6.07, 6.45) is 0. The third kappa shape index (κ3) is 7.01. The summed E-state index contributed by atoms with van der Waals surface area (Å²) in [4.78, 5) is 25.6. The van der Waals surface area contributed by atoms with Gasteiger partial charge in [-0.25, -0.2) is 4.79 Å². The van der Waals surface area contributed by atoms with Crippen LogP contribution in [0, 0.1) is 13.8 Å². The van der Waals surface area contributed by atoms with Gasteiger partial charge in [-0.05, 0) is 54.8 Å². The maximum absolute atomic E-state index is 11.8. The predicted molar refractivity (Wildman–Crippen MR) is 105 cm³/mol. The van der Waals surface area contributed by atoms with E-state index in [2.05, 4.69) is 5.32 Å². The summed E-state index contributed by atoms with van der Waals surface area (Å²) in [6, 6.07) is 13.5. The van der Waals surface area contributed by atoms with E-state index in [4.69, 9.17) is 9.47 Å². The monoisotopic (exact) mass is 370 g/mol. The summed E-state index contributed by atoms with van der Waals surface area (Å²) in [5.74, 6) is -0.332. The molecule has 0 aliphatic rings. The fourth-order valence-corrected chi connectivity index (χ4v) is 2.51. The zero-order valence-electron chi connectivity index (χ0n) is 16.2. The first-order chi connectivity index (χ1) is 12.8. The van der Waals surface area contributed by atoms with Crippen molar-refractivity contribution in [1.82, 2.24) is 5.32 Å². The number of carbonyl (C=O) groups is 2. The molecule has 0 aromatic heterocycles. The Morgan fingerprint density at radius 1 is 0.963 bits per heavy atom. The number of aryl methyl sites for hydroxylation is 2. The first kappa shape index (κ1) is 20.3. The quantitative estimate of drug-likeness (QED) is 0.724. The second-order valence-corrected chi connectivity index (χ2v) is 6.61. The van der Waals surface area contributed by atoms with E-state index in [0.29, 0.717) is 12.3 Å². The van der Waals surface area contributed by atoms with Crippen LogP contribution in [-0.2, 0) is 20.9 Å². The lowest BCUT2D eigenvalue weighted by Crippen LogP contribution is -2.29. The molecule has 0 radical (unpaired) electrons. The highest BCUT2D eigenvalue weighted by Crippen LogP contribution is 2.16. The molecule has 6 heteroatoms. The van der Waals surface area contributed by atoms with Crippen molar-refractivity contribution in [3.05, 3.63) is 59.2 Å². The summed E-state index contributed by atoms with van der Waals surface area (Å²) in [7, 11) is 3.93. The molecule has 27 heavy (non-hydrogen) atoms.